The van der Waals surface area contributed by atoms with Gasteiger partial charge in [-0.2, -0.15) is 0 Å². The van der Waals surface area contributed by atoms with E-state index in [4.69, 9.17) is 0 Å². The number of hydrogen-bond acceptors (Lipinski definition) is 5. The number of rotatable bonds is 8. The molecule has 2 N–H and O–H groups in total. The molecule has 168 valence electrons. The van der Waals surface area contributed by atoms with Gasteiger partial charge in [0.2, 0.25) is 5.91 Å². The molecular formula is C24H29N5O2S. The monoisotopic (exact) mass is 451 g/mol. The van der Waals surface area contributed by atoms with Crippen LogP contribution in [0, 0.1) is 20.8 Å². The number of nitrogens with zero attached hydrogens (tertiary/aromatic N) is 3. The molecule has 0 aliphatic rings. The largest absolute Gasteiger partial charge is 0.342 e. The quantitative estimate of drug-likeness (QED) is 0.494. The maximum absolute atomic E-state index is 12.6. The third kappa shape index (κ3) is 5.56. The van der Waals surface area contributed by atoms with E-state index in [-0.39, 0.29) is 23.6 Å². The molecule has 1 aromatic heterocycles. The number of carbonyl (C=O) groups excluding carboxylic acids is 2. The fourth-order valence-electron chi connectivity index (χ4n) is 3.39. The Morgan fingerprint density at radius 2 is 1.69 bits per heavy atom. The van der Waals surface area contributed by atoms with E-state index in [1.165, 1.54) is 11.8 Å². The predicted molar refractivity (Wildman–Crippen MR) is 128 cm³/mol. The molecule has 0 saturated heterocycles. The summed E-state index contributed by atoms with van der Waals surface area (Å²) in [5, 5.41) is 15.2. The summed E-state index contributed by atoms with van der Waals surface area (Å²) in [5.41, 5.74) is 4.61. The molecule has 0 aliphatic heterocycles. The van der Waals surface area contributed by atoms with Gasteiger partial charge in [-0.15, -0.1) is 10.2 Å². The first-order valence-corrected chi connectivity index (χ1v) is 11.6. The van der Waals surface area contributed by atoms with Crippen molar-refractivity contribution in [3.8, 4) is 0 Å². The van der Waals surface area contributed by atoms with E-state index in [1.54, 1.807) is 12.1 Å². The Balaban J connectivity index is 1.64. The van der Waals surface area contributed by atoms with Gasteiger partial charge < -0.3 is 15.2 Å². The lowest BCUT2D eigenvalue weighted by atomic mass is 10.1. The molecule has 0 radical (unpaired) electrons. The molecule has 0 bridgehead atoms. The average Bonchev–Trinajstić information content (AvgIpc) is 3.18. The lowest BCUT2D eigenvalue weighted by Crippen LogP contribution is -2.28. The number of aromatic nitrogens is 3. The highest BCUT2D eigenvalue weighted by Gasteiger charge is 2.20. The molecule has 0 aliphatic carbocycles. The van der Waals surface area contributed by atoms with Crippen molar-refractivity contribution in [3.63, 3.8) is 0 Å². The van der Waals surface area contributed by atoms with Gasteiger partial charge in [0, 0.05) is 17.8 Å². The number of nitrogens with one attached hydrogen (secondary N) is 2. The first-order valence-electron chi connectivity index (χ1n) is 10.6. The minimum atomic E-state index is -0.325. The van der Waals surface area contributed by atoms with Gasteiger partial charge in [-0.1, -0.05) is 47.7 Å². The SMILES string of the molecule is CCn1c(SCC(=O)Nc2c(C)cccc2C)nnc1[C@H](C)NC(=O)c1ccc(C)cc1. The lowest BCUT2D eigenvalue weighted by molar-refractivity contribution is -0.113. The van der Waals surface area contributed by atoms with Crippen LogP contribution in [-0.2, 0) is 11.3 Å². The smallest absolute Gasteiger partial charge is 0.251 e. The van der Waals surface area contributed by atoms with E-state index in [9.17, 15) is 9.59 Å². The van der Waals surface area contributed by atoms with E-state index in [0.717, 1.165) is 22.4 Å². The summed E-state index contributed by atoms with van der Waals surface area (Å²) >= 11 is 1.33. The van der Waals surface area contributed by atoms with E-state index < -0.39 is 0 Å². The van der Waals surface area contributed by atoms with Crippen molar-refractivity contribution in [1.29, 1.82) is 0 Å². The Hall–Kier alpha value is -3.13. The summed E-state index contributed by atoms with van der Waals surface area (Å²) in [6.07, 6.45) is 0. The average molecular weight is 452 g/mol. The Morgan fingerprint density at radius 1 is 1.03 bits per heavy atom. The molecule has 0 spiro atoms. The summed E-state index contributed by atoms with van der Waals surface area (Å²) < 4.78 is 1.93. The minimum Gasteiger partial charge on any atom is -0.342 e. The van der Waals surface area contributed by atoms with Crippen LogP contribution in [0.15, 0.2) is 47.6 Å². The van der Waals surface area contributed by atoms with Gasteiger partial charge in [-0.3, -0.25) is 9.59 Å². The molecule has 0 fully saturated rings. The Kier molecular flexibility index (Phi) is 7.69. The third-order valence-electron chi connectivity index (χ3n) is 5.19. The number of benzene rings is 2. The van der Waals surface area contributed by atoms with Gasteiger partial charge in [0.1, 0.15) is 0 Å². The number of aryl methyl sites for hydroxylation is 3. The second-order valence-electron chi connectivity index (χ2n) is 7.75. The number of anilines is 1. The Morgan fingerprint density at radius 3 is 2.31 bits per heavy atom. The van der Waals surface area contributed by atoms with Gasteiger partial charge in [-0.05, 0) is 57.9 Å². The maximum Gasteiger partial charge on any atom is 0.251 e. The number of carbonyl (C=O) groups is 2. The van der Waals surface area contributed by atoms with Crippen molar-refractivity contribution in [3.05, 3.63) is 70.5 Å². The minimum absolute atomic E-state index is 0.0969. The molecule has 7 nitrogen and oxygen atoms in total. The molecule has 0 unspecified atom stereocenters. The van der Waals surface area contributed by atoms with Crippen molar-refractivity contribution < 1.29 is 9.59 Å². The van der Waals surface area contributed by atoms with Crippen LogP contribution in [0.4, 0.5) is 5.69 Å². The number of amides is 2. The predicted octanol–water partition coefficient (Wildman–Crippen LogP) is 4.45. The summed E-state index contributed by atoms with van der Waals surface area (Å²) in [7, 11) is 0. The van der Waals surface area contributed by atoms with Crippen molar-refractivity contribution in [2.45, 2.75) is 52.4 Å². The molecule has 8 heteroatoms. The molecule has 2 aromatic carbocycles. The number of hydrogen-bond donors (Lipinski definition) is 2. The zero-order valence-electron chi connectivity index (χ0n) is 19.1. The molecular weight excluding hydrogens is 422 g/mol. The molecule has 1 heterocycles. The van der Waals surface area contributed by atoms with Gasteiger partial charge in [0.25, 0.3) is 5.91 Å². The van der Waals surface area contributed by atoms with Crippen LogP contribution >= 0.6 is 11.8 Å². The van der Waals surface area contributed by atoms with Crippen molar-refractivity contribution in [2.75, 3.05) is 11.1 Å². The molecule has 3 aromatic rings. The third-order valence-corrected chi connectivity index (χ3v) is 6.16. The van der Waals surface area contributed by atoms with E-state index in [0.29, 0.717) is 23.1 Å². The lowest BCUT2D eigenvalue weighted by Gasteiger charge is -2.15. The van der Waals surface area contributed by atoms with Gasteiger partial charge in [0.15, 0.2) is 11.0 Å². The Bertz CT molecular complexity index is 1090. The zero-order chi connectivity index (χ0) is 23.3. The van der Waals surface area contributed by atoms with Crippen LogP contribution in [0.25, 0.3) is 0 Å². The topological polar surface area (TPSA) is 88.9 Å². The summed E-state index contributed by atoms with van der Waals surface area (Å²) in [4.78, 5) is 25.1. The highest BCUT2D eigenvalue weighted by atomic mass is 32.2. The van der Waals surface area contributed by atoms with E-state index in [1.807, 2.05) is 69.5 Å². The highest BCUT2D eigenvalue weighted by Crippen LogP contribution is 2.23. The molecule has 32 heavy (non-hydrogen) atoms. The summed E-state index contributed by atoms with van der Waals surface area (Å²) in [6.45, 7) is 10.4. The van der Waals surface area contributed by atoms with Crippen LogP contribution < -0.4 is 10.6 Å². The zero-order valence-corrected chi connectivity index (χ0v) is 19.9. The van der Waals surface area contributed by atoms with Gasteiger partial charge in [0.05, 0.1) is 11.8 Å². The fraction of sp³-hybridized carbons (Fsp3) is 0.333. The van der Waals surface area contributed by atoms with Crippen molar-refractivity contribution >= 4 is 29.3 Å². The summed E-state index contributed by atoms with van der Waals surface area (Å²) in [6, 6.07) is 13.0. The first kappa shape index (κ1) is 23.5. The van der Waals surface area contributed by atoms with Crippen molar-refractivity contribution in [1.82, 2.24) is 20.1 Å². The number of thioether (sulfide) groups is 1. The van der Waals surface area contributed by atoms with Crippen molar-refractivity contribution in [2.24, 2.45) is 0 Å². The van der Waals surface area contributed by atoms with E-state index >= 15 is 0 Å². The van der Waals surface area contributed by atoms with Crippen LogP contribution in [0.3, 0.4) is 0 Å². The second kappa shape index (κ2) is 10.5. The number of para-hydroxylation sites is 1. The van der Waals surface area contributed by atoms with Crippen LogP contribution in [-0.4, -0.2) is 32.3 Å². The van der Waals surface area contributed by atoms with E-state index in [2.05, 4.69) is 20.8 Å². The molecule has 3 rings (SSSR count). The maximum atomic E-state index is 12.6. The molecule has 2 amide bonds. The van der Waals surface area contributed by atoms with Crippen LogP contribution in [0.1, 0.15) is 52.8 Å². The van der Waals surface area contributed by atoms with Gasteiger partial charge >= 0.3 is 0 Å². The standard InChI is InChI=1S/C24H29N5O2S/c1-6-29-22(18(5)25-23(31)19-12-10-15(2)11-13-19)27-28-24(29)32-14-20(30)26-21-16(3)8-7-9-17(21)4/h7-13,18H,6,14H2,1-5H3,(H,25,31)(H,26,30)/t18-/m0/s1. The van der Waals surface area contributed by atoms with Crippen LogP contribution in [0.5, 0.6) is 0 Å². The van der Waals surface area contributed by atoms with Crippen LogP contribution in [0.2, 0.25) is 0 Å². The fourth-order valence-corrected chi connectivity index (χ4v) is 4.20. The molecule has 0 saturated carbocycles. The normalized spacial score (nSPS) is 11.8. The van der Waals surface area contributed by atoms with Gasteiger partial charge in [-0.25, -0.2) is 0 Å². The second-order valence-corrected chi connectivity index (χ2v) is 8.69. The summed E-state index contributed by atoms with van der Waals surface area (Å²) in [5.74, 6) is 0.618. The molecule has 1 atom stereocenters. The highest BCUT2D eigenvalue weighted by molar-refractivity contribution is 7.99. The Labute approximate surface area is 193 Å². The first-order chi connectivity index (χ1) is 15.3.